The lowest BCUT2D eigenvalue weighted by molar-refractivity contribution is -0.0721. The van der Waals surface area contributed by atoms with E-state index in [0.29, 0.717) is 0 Å². The highest BCUT2D eigenvalue weighted by Crippen LogP contribution is 2.29. The molecule has 0 saturated carbocycles. The Morgan fingerprint density at radius 3 is 2.47 bits per heavy atom. The normalized spacial score (nSPS) is 29.0. The summed E-state index contributed by atoms with van der Waals surface area (Å²) in [6, 6.07) is 6.04. The summed E-state index contributed by atoms with van der Waals surface area (Å²) >= 11 is 3.55. The minimum atomic E-state index is 0.0200. The summed E-state index contributed by atoms with van der Waals surface area (Å²) in [5, 5.41) is 0. The van der Waals surface area contributed by atoms with Crippen molar-refractivity contribution in [1.82, 2.24) is 0 Å². The van der Waals surface area contributed by atoms with E-state index in [9.17, 15) is 0 Å². The van der Waals surface area contributed by atoms with Gasteiger partial charge in [0.05, 0.1) is 12.2 Å². The van der Waals surface area contributed by atoms with Gasteiger partial charge in [0.15, 0.2) is 0 Å². The molecule has 4 heteroatoms. The van der Waals surface area contributed by atoms with Gasteiger partial charge in [-0.05, 0) is 38.5 Å². The molecule has 1 heterocycles. The highest BCUT2D eigenvalue weighted by atomic mass is 79.9. The first-order chi connectivity index (χ1) is 8.95. The van der Waals surface area contributed by atoms with Crippen LogP contribution >= 0.6 is 15.9 Å². The van der Waals surface area contributed by atoms with Crippen molar-refractivity contribution in [2.75, 3.05) is 0 Å². The lowest BCUT2D eigenvalue weighted by Gasteiger charge is -2.32. The third-order valence-electron chi connectivity index (χ3n) is 3.42. The Labute approximate surface area is 123 Å². The number of benzene rings is 1. The molecule has 1 aliphatic rings. The maximum absolute atomic E-state index is 6.06. The van der Waals surface area contributed by atoms with E-state index in [1.165, 1.54) is 0 Å². The Morgan fingerprint density at radius 2 is 1.95 bits per heavy atom. The van der Waals surface area contributed by atoms with Crippen LogP contribution in [0.3, 0.4) is 0 Å². The van der Waals surface area contributed by atoms with Gasteiger partial charge in [-0.15, -0.1) is 0 Å². The molecule has 1 fully saturated rings. The molecule has 3 nitrogen and oxygen atoms in total. The molecule has 0 radical (unpaired) electrons. The largest absolute Gasteiger partial charge is 0.490 e. The zero-order valence-electron chi connectivity index (χ0n) is 11.7. The van der Waals surface area contributed by atoms with Crippen LogP contribution in [0.4, 0.5) is 0 Å². The fourth-order valence-electron chi connectivity index (χ4n) is 2.58. The molecule has 0 spiro atoms. The van der Waals surface area contributed by atoms with Crippen LogP contribution in [0.5, 0.6) is 5.75 Å². The average Bonchev–Trinajstić information content (AvgIpc) is 2.26. The van der Waals surface area contributed by atoms with Gasteiger partial charge in [-0.2, -0.15) is 0 Å². The Bertz CT molecular complexity index is 426. The summed E-state index contributed by atoms with van der Waals surface area (Å²) in [5.74, 6) is 0.891. The summed E-state index contributed by atoms with van der Waals surface area (Å²) in [6.07, 6.45) is 2.64. The molecule has 3 atom stereocenters. The third-order valence-corrected chi connectivity index (χ3v) is 4.11. The van der Waals surface area contributed by atoms with Gasteiger partial charge in [0.25, 0.3) is 0 Å². The van der Waals surface area contributed by atoms with Crippen LogP contribution in [0, 0.1) is 0 Å². The molecule has 19 heavy (non-hydrogen) atoms. The van der Waals surface area contributed by atoms with Gasteiger partial charge in [0.1, 0.15) is 11.9 Å². The molecule has 0 aromatic heterocycles. The summed E-state index contributed by atoms with van der Waals surface area (Å²) < 4.78 is 12.8. The molecule has 2 unspecified atom stereocenters. The first kappa shape index (κ1) is 14.8. The number of hydrogen-bond donors (Lipinski definition) is 1. The summed E-state index contributed by atoms with van der Waals surface area (Å²) in [5.41, 5.74) is 7.00. The Morgan fingerprint density at radius 1 is 1.32 bits per heavy atom. The zero-order chi connectivity index (χ0) is 14.0. The van der Waals surface area contributed by atoms with Crippen LogP contribution < -0.4 is 10.5 Å². The van der Waals surface area contributed by atoms with E-state index in [1.807, 2.05) is 25.1 Å². The van der Waals surface area contributed by atoms with Gasteiger partial charge in [0, 0.05) is 23.4 Å². The lowest BCUT2D eigenvalue weighted by Crippen LogP contribution is -2.35. The topological polar surface area (TPSA) is 44.5 Å². The second-order valence-electron chi connectivity index (χ2n) is 5.44. The highest BCUT2D eigenvalue weighted by Gasteiger charge is 2.25. The molecule has 1 aromatic carbocycles. The van der Waals surface area contributed by atoms with E-state index in [4.69, 9.17) is 15.2 Å². The van der Waals surface area contributed by atoms with E-state index in [1.54, 1.807) is 0 Å². The van der Waals surface area contributed by atoms with Crippen molar-refractivity contribution >= 4 is 15.9 Å². The summed E-state index contributed by atoms with van der Waals surface area (Å²) in [6.45, 7) is 6.17. The van der Waals surface area contributed by atoms with Crippen molar-refractivity contribution in [3.63, 3.8) is 0 Å². The standard InChI is InChI=1S/C15H22BrNO2/c1-9-6-13(7-10(2)18-9)19-12-4-5-14(11(3)17)15(16)8-12/h4-5,8-11,13H,6-7,17H2,1-3H3/t9?,10?,11-,13?/m1/s1. The van der Waals surface area contributed by atoms with Crippen LogP contribution in [0.2, 0.25) is 0 Å². The van der Waals surface area contributed by atoms with Crippen molar-refractivity contribution in [3.05, 3.63) is 28.2 Å². The van der Waals surface area contributed by atoms with E-state index in [-0.39, 0.29) is 24.4 Å². The van der Waals surface area contributed by atoms with E-state index < -0.39 is 0 Å². The van der Waals surface area contributed by atoms with Crippen LogP contribution in [-0.2, 0) is 4.74 Å². The number of ether oxygens (including phenoxy) is 2. The monoisotopic (exact) mass is 327 g/mol. The fraction of sp³-hybridized carbons (Fsp3) is 0.600. The molecule has 0 aliphatic carbocycles. The van der Waals surface area contributed by atoms with Crippen LogP contribution in [-0.4, -0.2) is 18.3 Å². The molecule has 1 aliphatic heterocycles. The number of halogens is 1. The summed E-state index contributed by atoms with van der Waals surface area (Å²) in [4.78, 5) is 0. The Balaban J connectivity index is 2.05. The molecule has 106 valence electrons. The number of nitrogens with two attached hydrogens (primary N) is 1. The lowest BCUT2D eigenvalue weighted by atomic mass is 10.0. The summed E-state index contributed by atoms with van der Waals surface area (Å²) in [7, 11) is 0. The SMILES string of the molecule is CC1CC(Oc2ccc([C@@H](C)N)c(Br)c2)CC(C)O1. The molecular weight excluding hydrogens is 306 g/mol. The molecule has 0 amide bonds. The van der Waals surface area contributed by atoms with Crippen molar-refractivity contribution in [3.8, 4) is 5.75 Å². The van der Waals surface area contributed by atoms with Gasteiger partial charge in [-0.1, -0.05) is 22.0 Å². The van der Waals surface area contributed by atoms with Gasteiger partial charge in [0.2, 0.25) is 0 Å². The first-order valence-corrected chi connectivity index (χ1v) is 7.62. The maximum Gasteiger partial charge on any atom is 0.120 e. The van der Waals surface area contributed by atoms with Crippen LogP contribution in [0.1, 0.15) is 45.2 Å². The minimum Gasteiger partial charge on any atom is -0.490 e. The quantitative estimate of drug-likeness (QED) is 0.918. The molecule has 0 bridgehead atoms. The molecule has 1 aromatic rings. The zero-order valence-corrected chi connectivity index (χ0v) is 13.3. The van der Waals surface area contributed by atoms with E-state index in [2.05, 4.69) is 29.8 Å². The second kappa shape index (κ2) is 6.25. The molecule has 2 N–H and O–H groups in total. The van der Waals surface area contributed by atoms with Gasteiger partial charge < -0.3 is 15.2 Å². The molecule has 1 saturated heterocycles. The Hall–Kier alpha value is -0.580. The van der Waals surface area contributed by atoms with E-state index in [0.717, 1.165) is 28.6 Å². The molecule has 2 rings (SSSR count). The second-order valence-corrected chi connectivity index (χ2v) is 6.29. The fourth-order valence-corrected chi connectivity index (χ4v) is 3.30. The first-order valence-electron chi connectivity index (χ1n) is 6.83. The van der Waals surface area contributed by atoms with E-state index >= 15 is 0 Å². The van der Waals surface area contributed by atoms with Crippen LogP contribution in [0.25, 0.3) is 0 Å². The van der Waals surface area contributed by atoms with Crippen molar-refractivity contribution in [2.24, 2.45) is 5.73 Å². The van der Waals surface area contributed by atoms with Gasteiger partial charge in [-0.3, -0.25) is 0 Å². The molecular formula is C15H22BrNO2. The van der Waals surface area contributed by atoms with Crippen molar-refractivity contribution in [1.29, 1.82) is 0 Å². The third kappa shape index (κ3) is 3.94. The maximum atomic E-state index is 6.06. The smallest absolute Gasteiger partial charge is 0.120 e. The Kier molecular flexibility index (Phi) is 4.87. The minimum absolute atomic E-state index is 0.0200. The van der Waals surface area contributed by atoms with Crippen molar-refractivity contribution < 1.29 is 9.47 Å². The highest BCUT2D eigenvalue weighted by molar-refractivity contribution is 9.10. The predicted octanol–water partition coefficient (Wildman–Crippen LogP) is 3.80. The number of hydrogen-bond acceptors (Lipinski definition) is 3. The predicted molar refractivity (Wildman–Crippen MR) is 80.4 cm³/mol. The van der Waals surface area contributed by atoms with Crippen molar-refractivity contribution in [2.45, 2.75) is 58.0 Å². The van der Waals surface area contributed by atoms with Crippen LogP contribution in [0.15, 0.2) is 22.7 Å². The van der Waals surface area contributed by atoms with Gasteiger partial charge >= 0.3 is 0 Å². The number of rotatable bonds is 3. The average molecular weight is 328 g/mol. The van der Waals surface area contributed by atoms with Gasteiger partial charge in [-0.25, -0.2) is 0 Å².